The summed E-state index contributed by atoms with van der Waals surface area (Å²) < 4.78 is 0. The summed E-state index contributed by atoms with van der Waals surface area (Å²) in [5.74, 6) is 0.675. The van der Waals surface area contributed by atoms with Crippen molar-refractivity contribution in [3.05, 3.63) is 140 Å². The van der Waals surface area contributed by atoms with Gasteiger partial charge < -0.3 is 0 Å². The lowest BCUT2D eigenvalue weighted by molar-refractivity contribution is 1.23. The zero-order chi connectivity index (χ0) is 25.3. The molecule has 0 aliphatic rings. The van der Waals surface area contributed by atoms with Crippen molar-refractivity contribution < 1.29 is 0 Å². The molecule has 0 saturated carbocycles. The van der Waals surface area contributed by atoms with Crippen LogP contribution in [0.3, 0.4) is 0 Å². The first-order valence-corrected chi connectivity index (χ1v) is 12.7. The van der Waals surface area contributed by atoms with E-state index in [0.717, 1.165) is 49.8 Å². The summed E-state index contributed by atoms with van der Waals surface area (Å²) in [6, 6.07) is 46.0. The minimum Gasteiger partial charge on any atom is -0.255 e. The van der Waals surface area contributed by atoms with Crippen LogP contribution in [0.25, 0.3) is 66.7 Å². The van der Waals surface area contributed by atoms with Crippen molar-refractivity contribution >= 4 is 21.8 Å². The van der Waals surface area contributed by atoms with Crippen LogP contribution in [0.2, 0.25) is 0 Å². The van der Waals surface area contributed by atoms with E-state index in [-0.39, 0.29) is 0 Å². The van der Waals surface area contributed by atoms with Crippen molar-refractivity contribution in [3.8, 4) is 44.9 Å². The van der Waals surface area contributed by atoms with E-state index in [1.165, 1.54) is 11.1 Å². The Morgan fingerprint density at radius 1 is 0.395 bits per heavy atom. The fourth-order valence-electron chi connectivity index (χ4n) is 5.09. The topological polar surface area (TPSA) is 38.7 Å². The molecule has 7 rings (SSSR count). The van der Waals surface area contributed by atoms with Gasteiger partial charge in [0.05, 0.1) is 16.7 Å². The Morgan fingerprint density at radius 3 is 1.79 bits per heavy atom. The van der Waals surface area contributed by atoms with Crippen molar-refractivity contribution in [1.82, 2.24) is 15.0 Å². The number of fused-ring (bicyclic) bond motifs is 2. The zero-order valence-corrected chi connectivity index (χ0v) is 20.6. The summed E-state index contributed by atoms with van der Waals surface area (Å²) in [7, 11) is 0. The third-order valence-corrected chi connectivity index (χ3v) is 6.96. The van der Waals surface area contributed by atoms with Crippen molar-refractivity contribution in [1.29, 1.82) is 0 Å². The fourth-order valence-corrected chi connectivity index (χ4v) is 5.09. The highest BCUT2D eigenvalue weighted by atomic mass is 14.9. The molecule has 0 atom stereocenters. The maximum atomic E-state index is 5.15. The average molecular weight is 486 g/mol. The van der Waals surface area contributed by atoms with Gasteiger partial charge in [-0.05, 0) is 40.5 Å². The van der Waals surface area contributed by atoms with Crippen LogP contribution in [0.5, 0.6) is 0 Å². The molecule has 0 unspecified atom stereocenters. The minimum absolute atomic E-state index is 0.675. The largest absolute Gasteiger partial charge is 0.255 e. The second kappa shape index (κ2) is 9.38. The molecule has 0 bridgehead atoms. The summed E-state index contributed by atoms with van der Waals surface area (Å²) in [5, 5.41) is 2.11. The smallest absolute Gasteiger partial charge is 0.162 e. The molecule has 0 amide bonds. The molecule has 5 aromatic carbocycles. The van der Waals surface area contributed by atoms with Gasteiger partial charge in [-0.25, -0.2) is 9.97 Å². The number of hydrogen-bond acceptors (Lipinski definition) is 3. The Bertz CT molecular complexity index is 1890. The van der Waals surface area contributed by atoms with E-state index >= 15 is 0 Å². The third-order valence-electron chi connectivity index (χ3n) is 6.96. The number of hydrogen-bond donors (Lipinski definition) is 0. The predicted octanol–water partition coefficient (Wildman–Crippen LogP) is 8.85. The molecule has 0 fully saturated rings. The van der Waals surface area contributed by atoms with E-state index in [1.54, 1.807) is 0 Å². The molecule has 2 heterocycles. The average Bonchev–Trinajstić information content (AvgIpc) is 3.01. The van der Waals surface area contributed by atoms with Crippen molar-refractivity contribution in [3.63, 3.8) is 0 Å². The number of benzene rings is 5. The Hall–Kier alpha value is -5.15. The van der Waals surface area contributed by atoms with Crippen molar-refractivity contribution in [2.75, 3.05) is 0 Å². The van der Waals surface area contributed by atoms with Gasteiger partial charge in [0.25, 0.3) is 0 Å². The molecule has 0 spiro atoms. The van der Waals surface area contributed by atoms with Crippen molar-refractivity contribution in [2.45, 2.75) is 0 Å². The number of para-hydroxylation sites is 1. The minimum atomic E-state index is 0.675. The first-order chi connectivity index (χ1) is 18.8. The summed E-state index contributed by atoms with van der Waals surface area (Å²) in [6.07, 6.45) is 1.84. The molecule has 2 aromatic heterocycles. The van der Waals surface area contributed by atoms with E-state index in [0.29, 0.717) is 5.82 Å². The van der Waals surface area contributed by atoms with E-state index in [2.05, 4.69) is 103 Å². The van der Waals surface area contributed by atoms with Gasteiger partial charge in [-0.15, -0.1) is 0 Å². The van der Waals surface area contributed by atoms with Crippen LogP contribution in [-0.4, -0.2) is 15.0 Å². The van der Waals surface area contributed by atoms with Gasteiger partial charge in [0.1, 0.15) is 0 Å². The van der Waals surface area contributed by atoms with Gasteiger partial charge in [-0.1, -0.05) is 115 Å². The molecule has 0 aliphatic heterocycles. The maximum Gasteiger partial charge on any atom is 0.162 e. The Labute approximate surface area is 221 Å². The summed E-state index contributed by atoms with van der Waals surface area (Å²) in [4.78, 5) is 14.9. The van der Waals surface area contributed by atoms with E-state index in [9.17, 15) is 0 Å². The molecule has 3 nitrogen and oxygen atoms in total. The molecular weight excluding hydrogens is 462 g/mol. The van der Waals surface area contributed by atoms with Crippen LogP contribution in [0.4, 0.5) is 0 Å². The molecule has 0 saturated heterocycles. The maximum absolute atomic E-state index is 5.15. The van der Waals surface area contributed by atoms with E-state index in [4.69, 9.17) is 15.0 Å². The second-order valence-electron chi connectivity index (χ2n) is 9.28. The normalized spacial score (nSPS) is 11.2. The first kappa shape index (κ1) is 22.1. The Balaban J connectivity index is 1.41. The number of rotatable bonds is 4. The number of nitrogens with zero attached hydrogens (tertiary/aromatic N) is 3. The van der Waals surface area contributed by atoms with Gasteiger partial charge in [0.2, 0.25) is 0 Å². The van der Waals surface area contributed by atoms with E-state index in [1.807, 2.05) is 36.5 Å². The molecule has 0 radical (unpaired) electrons. The summed E-state index contributed by atoms with van der Waals surface area (Å²) >= 11 is 0. The first-order valence-electron chi connectivity index (χ1n) is 12.7. The number of aromatic nitrogens is 3. The molecule has 0 N–H and O–H groups in total. The Kier molecular flexibility index (Phi) is 5.45. The lowest BCUT2D eigenvalue weighted by atomic mass is 9.97. The molecule has 0 aliphatic carbocycles. The highest BCUT2D eigenvalue weighted by Crippen LogP contribution is 2.36. The zero-order valence-electron chi connectivity index (χ0n) is 20.6. The molecule has 38 heavy (non-hydrogen) atoms. The van der Waals surface area contributed by atoms with Gasteiger partial charge >= 0.3 is 0 Å². The Morgan fingerprint density at radius 2 is 1.00 bits per heavy atom. The van der Waals surface area contributed by atoms with Crippen LogP contribution in [-0.2, 0) is 0 Å². The lowest BCUT2D eigenvalue weighted by Crippen LogP contribution is -1.97. The van der Waals surface area contributed by atoms with Crippen LogP contribution < -0.4 is 0 Å². The second-order valence-corrected chi connectivity index (χ2v) is 9.28. The third kappa shape index (κ3) is 3.91. The molecule has 178 valence electrons. The standard InChI is InChI=1S/C35H23N3/c1-3-10-24(11-4-1)25-17-19-27(20-18-25)33-30-14-7-8-16-32(30)37-35(38-33)31-22-21-28(26-12-5-2-6-13-26)29-15-9-23-36-34(29)31/h1-23H. The van der Waals surface area contributed by atoms with Gasteiger partial charge in [0.15, 0.2) is 5.82 Å². The van der Waals surface area contributed by atoms with Gasteiger partial charge in [-0.3, -0.25) is 4.98 Å². The van der Waals surface area contributed by atoms with Crippen LogP contribution >= 0.6 is 0 Å². The van der Waals surface area contributed by atoms with Gasteiger partial charge in [-0.2, -0.15) is 0 Å². The molecule has 3 heteroatoms. The molecular formula is C35H23N3. The van der Waals surface area contributed by atoms with Crippen LogP contribution in [0, 0.1) is 0 Å². The SMILES string of the molecule is c1ccc(-c2ccc(-c3nc(-c4ccc(-c5ccccc5)c5cccnc45)nc4ccccc34)cc2)cc1. The monoisotopic (exact) mass is 485 g/mol. The predicted molar refractivity (Wildman–Crippen MR) is 157 cm³/mol. The number of pyridine rings is 1. The highest BCUT2D eigenvalue weighted by molar-refractivity contribution is 6.03. The van der Waals surface area contributed by atoms with Crippen molar-refractivity contribution in [2.24, 2.45) is 0 Å². The lowest BCUT2D eigenvalue weighted by Gasteiger charge is -2.13. The summed E-state index contributed by atoms with van der Waals surface area (Å²) in [6.45, 7) is 0. The fraction of sp³-hybridized carbons (Fsp3) is 0. The quantitative estimate of drug-likeness (QED) is 0.250. The van der Waals surface area contributed by atoms with E-state index < -0.39 is 0 Å². The van der Waals surface area contributed by atoms with Crippen LogP contribution in [0.15, 0.2) is 140 Å². The highest BCUT2D eigenvalue weighted by Gasteiger charge is 2.16. The molecule has 7 aromatic rings. The van der Waals surface area contributed by atoms with Crippen LogP contribution in [0.1, 0.15) is 0 Å². The van der Waals surface area contributed by atoms with Gasteiger partial charge in [0, 0.05) is 28.1 Å². The summed E-state index contributed by atoms with van der Waals surface area (Å²) in [5.41, 5.74) is 9.40.